The van der Waals surface area contributed by atoms with Crippen molar-refractivity contribution in [1.29, 1.82) is 0 Å². The number of esters is 1. The average molecular weight is 620 g/mol. The number of piperazine rings is 1. The number of halogens is 2. The first kappa shape index (κ1) is 30.1. The molecular weight excluding hydrogens is 585 g/mol. The molecule has 0 radical (unpaired) electrons. The minimum Gasteiger partial charge on any atom is -0.465 e. The Bertz CT molecular complexity index is 1710. The lowest BCUT2D eigenvalue weighted by Gasteiger charge is -2.35. The predicted octanol–water partition coefficient (Wildman–Crippen LogP) is 5.44. The largest absolute Gasteiger partial charge is 0.465 e. The van der Waals surface area contributed by atoms with Crippen molar-refractivity contribution in [2.75, 3.05) is 51.8 Å². The molecule has 2 aliphatic heterocycles. The van der Waals surface area contributed by atoms with Gasteiger partial charge in [0.05, 0.1) is 59.3 Å². The van der Waals surface area contributed by atoms with Crippen molar-refractivity contribution in [2.45, 2.75) is 32.5 Å². The van der Waals surface area contributed by atoms with Crippen molar-refractivity contribution >= 4 is 45.9 Å². The van der Waals surface area contributed by atoms with Gasteiger partial charge in [0.15, 0.2) is 0 Å². The zero-order valence-electron chi connectivity index (χ0n) is 25.1. The quantitative estimate of drug-likeness (QED) is 0.243. The summed E-state index contributed by atoms with van der Waals surface area (Å²) in [5.74, 6) is -0.0718. The van der Waals surface area contributed by atoms with Crippen LogP contribution in [-0.2, 0) is 22.6 Å². The highest BCUT2D eigenvalue weighted by Gasteiger charge is 2.27. The number of anilines is 2. The third-order valence-corrected chi connectivity index (χ3v) is 8.77. The van der Waals surface area contributed by atoms with Gasteiger partial charge in [-0.1, -0.05) is 17.7 Å². The summed E-state index contributed by atoms with van der Waals surface area (Å²) in [5, 5.41) is 0.511. The molecule has 2 saturated heterocycles. The molecule has 0 aliphatic carbocycles. The van der Waals surface area contributed by atoms with E-state index in [1.807, 2.05) is 37.3 Å². The van der Waals surface area contributed by atoms with Gasteiger partial charge in [-0.25, -0.2) is 14.2 Å². The van der Waals surface area contributed by atoms with E-state index in [0.717, 1.165) is 35.4 Å². The fourth-order valence-electron chi connectivity index (χ4n) is 5.78. The van der Waals surface area contributed by atoms with Crippen LogP contribution >= 0.6 is 11.6 Å². The Morgan fingerprint density at radius 1 is 1.05 bits per heavy atom. The van der Waals surface area contributed by atoms with E-state index in [1.54, 1.807) is 29.0 Å². The fourth-order valence-corrected chi connectivity index (χ4v) is 6.14. The van der Waals surface area contributed by atoms with E-state index in [9.17, 15) is 14.0 Å². The summed E-state index contributed by atoms with van der Waals surface area (Å²) in [4.78, 5) is 36.3. The summed E-state index contributed by atoms with van der Waals surface area (Å²) in [7, 11) is 3.11. The second-order valence-corrected chi connectivity index (χ2v) is 11.8. The second-order valence-electron chi connectivity index (χ2n) is 11.4. The van der Waals surface area contributed by atoms with Crippen molar-refractivity contribution in [1.82, 2.24) is 19.4 Å². The zero-order valence-corrected chi connectivity index (χ0v) is 25.8. The van der Waals surface area contributed by atoms with Crippen LogP contribution in [0.1, 0.15) is 38.5 Å². The van der Waals surface area contributed by atoms with Crippen LogP contribution in [0.3, 0.4) is 0 Å². The molecule has 9 nitrogen and oxygen atoms in total. The van der Waals surface area contributed by atoms with Crippen LogP contribution in [0.15, 0.2) is 54.6 Å². The fraction of sp³-hybridized carbons (Fsp3) is 0.364. The molecule has 1 aromatic heterocycles. The van der Waals surface area contributed by atoms with E-state index in [2.05, 4.69) is 9.47 Å². The molecule has 0 saturated carbocycles. The molecule has 6 rings (SSSR count). The van der Waals surface area contributed by atoms with Crippen molar-refractivity contribution in [3.05, 3.63) is 88.0 Å². The van der Waals surface area contributed by atoms with E-state index in [-0.39, 0.29) is 23.7 Å². The summed E-state index contributed by atoms with van der Waals surface area (Å²) >= 11 is 6.44. The van der Waals surface area contributed by atoms with Crippen molar-refractivity contribution in [3.63, 3.8) is 0 Å². The number of benzene rings is 3. The maximum absolute atomic E-state index is 14.9. The predicted molar refractivity (Wildman–Crippen MR) is 167 cm³/mol. The number of carbonyl (C=O) groups excluding carboxylic acids is 2. The van der Waals surface area contributed by atoms with Gasteiger partial charge in [0.2, 0.25) is 0 Å². The number of hydrogen-bond donors (Lipinski definition) is 0. The van der Waals surface area contributed by atoms with Crippen LogP contribution in [0.4, 0.5) is 15.8 Å². The Balaban J connectivity index is 1.15. The topological polar surface area (TPSA) is 80.1 Å². The summed E-state index contributed by atoms with van der Waals surface area (Å²) in [6.45, 7) is 6.33. The molecule has 11 heteroatoms. The molecule has 1 unspecified atom stereocenters. The molecule has 3 heterocycles. The number of rotatable bonds is 8. The standard InChI is InChI=1S/C33H35ClFN5O4/c1-21-4-9-28(25(34)16-21)37(2)29-17-22(5-7-26(29)35)32(41)39-13-11-38(12-14-39)20-31-36-27-8-6-23(33(42)43-3)18-30(27)40(31)19-24-10-15-44-24/h4-9,16-18,24H,10-15,19-20H2,1-3H3. The summed E-state index contributed by atoms with van der Waals surface area (Å²) in [5.41, 5.74) is 4.53. The number of ether oxygens (including phenoxy) is 2. The Morgan fingerprint density at radius 3 is 2.48 bits per heavy atom. The molecule has 1 atom stereocenters. The van der Waals surface area contributed by atoms with Crippen LogP contribution in [0.25, 0.3) is 11.0 Å². The molecule has 0 spiro atoms. The Labute approximate surface area is 260 Å². The molecule has 4 aromatic rings. The third kappa shape index (κ3) is 6.02. The van der Waals surface area contributed by atoms with E-state index in [1.165, 1.54) is 19.2 Å². The van der Waals surface area contributed by atoms with Crippen LogP contribution in [0.5, 0.6) is 0 Å². The third-order valence-electron chi connectivity index (χ3n) is 8.47. The molecule has 230 valence electrons. The van der Waals surface area contributed by atoms with Gasteiger partial charge in [-0.15, -0.1) is 0 Å². The first-order valence-corrected chi connectivity index (χ1v) is 15.1. The van der Waals surface area contributed by atoms with Crippen molar-refractivity contribution < 1.29 is 23.5 Å². The molecule has 44 heavy (non-hydrogen) atoms. The first-order chi connectivity index (χ1) is 21.2. The monoisotopic (exact) mass is 619 g/mol. The number of imidazole rings is 1. The highest BCUT2D eigenvalue weighted by molar-refractivity contribution is 6.33. The van der Waals surface area contributed by atoms with E-state index in [0.29, 0.717) is 61.1 Å². The summed E-state index contributed by atoms with van der Waals surface area (Å²) in [6.07, 6.45) is 1.10. The molecule has 0 N–H and O–H groups in total. The number of carbonyl (C=O) groups is 2. The molecule has 2 aliphatic rings. The zero-order chi connectivity index (χ0) is 31.0. The van der Waals surface area contributed by atoms with Crippen LogP contribution in [0.2, 0.25) is 5.02 Å². The Morgan fingerprint density at radius 2 is 1.80 bits per heavy atom. The highest BCUT2D eigenvalue weighted by Crippen LogP contribution is 2.33. The number of hydrogen-bond acceptors (Lipinski definition) is 7. The van der Waals surface area contributed by atoms with Gasteiger partial charge >= 0.3 is 5.97 Å². The number of aromatic nitrogens is 2. The minimum atomic E-state index is -0.431. The van der Waals surface area contributed by atoms with E-state index in [4.69, 9.17) is 26.1 Å². The summed E-state index contributed by atoms with van der Waals surface area (Å²) < 4.78 is 27.7. The normalized spacial score (nSPS) is 17.0. The lowest BCUT2D eigenvalue weighted by Crippen LogP contribution is -2.48. The SMILES string of the molecule is COC(=O)c1ccc2nc(CN3CCN(C(=O)c4ccc(F)c(N(C)c5ccc(C)cc5Cl)c4)CC3)n(CC3CCO3)c2c1. The lowest BCUT2D eigenvalue weighted by molar-refractivity contribution is -0.0592. The van der Waals surface area contributed by atoms with Gasteiger partial charge in [-0.2, -0.15) is 0 Å². The molecule has 0 bridgehead atoms. The number of methoxy groups -OCH3 is 1. The van der Waals surface area contributed by atoms with Gasteiger partial charge in [-0.05, 0) is 67.4 Å². The van der Waals surface area contributed by atoms with Gasteiger partial charge < -0.3 is 23.8 Å². The van der Waals surface area contributed by atoms with Gasteiger partial charge in [0.25, 0.3) is 5.91 Å². The average Bonchev–Trinajstić information content (AvgIpc) is 3.34. The van der Waals surface area contributed by atoms with Gasteiger partial charge in [0.1, 0.15) is 11.6 Å². The van der Waals surface area contributed by atoms with E-state index >= 15 is 0 Å². The number of nitrogens with zero attached hydrogens (tertiary/aromatic N) is 5. The lowest BCUT2D eigenvalue weighted by atomic mass is 10.1. The summed E-state index contributed by atoms with van der Waals surface area (Å²) in [6, 6.07) is 15.5. The maximum atomic E-state index is 14.9. The molecule has 3 aromatic carbocycles. The van der Waals surface area contributed by atoms with Crippen molar-refractivity contribution in [2.24, 2.45) is 0 Å². The number of aryl methyl sites for hydroxylation is 1. The van der Waals surface area contributed by atoms with Crippen molar-refractivity contribution in [3.8, 4) is 0 Å². The smallest absolute Gasteiger partial charge is 0.337 e. The van der Waals surface area contributed by atoms with Gasteiger partial charge in [-0.3, -0.25) is 9.69 Å². The van der Waals surface area contributed by atoms with Crippen LogP contribution < -0.4 is 4.90 Å². The highest BCUT2D eigenvalue weighted by atomic mass is 35.5. The number of amides is 1. The first-order valence-electron chi connectivity index (χ1n) is 14.7. The van der Waals surface area contributed by atoms with Crippen LogP contribution in [-0.4, -0.2) is 84.3 Å². The Kier molecular flexibility index (Phi) is 8.57. The van der Waals surface area contributed by atoms with Crippen LogP contribution in [0, 0.1) is 12.7 Å². The Hall–Kier alpha value is -3.99. The molecular formula is C33H35ClFN5O4. The number of fused-ring (bicyclic) bond motifs is 1. The van der Waals surface area contributed by atoms with Gasteiger partial charge in [0, 0.05) is 45.4 Å². The maximum Gasteiger partial charge on any atom is 0.337 e. The van der Waals surface area contributed by atoms with E-state index < -0.39 is 5.82 Å². The second kappa shape index (κ2) is 12.6. The molecule has 1 amide bonds. The molecule has 2 fully saturated rings. The minimum absolute atomic E-state index is 0.115.